The average molecular weight is 305 g/mol. The number of thioether (sulfide) groups is 1. The molecule has 0 aromatic heterocycles. The molecule has 1 amide bonds. The Morgan fingerprint density at radius 1 is 1.38 bits per heavy atom. The third-order valence-corrected chi connectivity index (χ3v) is 3.71. The van der Waals surface area contributed by atoms with E-state index in [0.29, 0.717) is 17.8 Å². The molecular weight excluding hydrogens is 286 g/mol. The van der Waals surface area contributed by atoms with E-state index < -0.39 is 0 Å². The molecule has 0 bridgehead atoms. The fraction of sp³-hybridized carbons (Fsp3) is 0.375. The van der Waals surface area contributed by atoms with Crippen LogP contribution in [0.3, 0.4) is 0 Å². The van der Waals surface area contributed by atoms with Gasteiger partial charge in [-0.3, -0.25) is 4.79 Å². The summed E-state index contributed by atoms with van der Waals surface area (Å²) < 4.78 is 11.0. The van der Waals surface area contributed by atoms with Crippen molar-refractivity contribution in [2.24, 2.45) is 10.9 Å². The first-order valence-electron chi connectivity index (χ1n) is 6.91. The first-order chi connectivity index (χ1) is 10.1. The summed E-state index contributed by atoms with van der Waals surface area (Å²) in [7, 11) is 0. The zero-order valence-corrected chi connectivity index (χ0v) is 13.3. The van der Waals surface area contributed by atoms with Crippen LogP contribution >= 0.6 is 11.8 Å². The van der Waals surface area contributed by atoms with Gasteiger partial charge < -0.3 is 9.47 Å². The van der Waals surface area contributed by atoms with Crippen molar-refractivity contribution in [2.75, 3.05) is 12.9 Å². The lowest BCUT2D eigenvalue weighted by atomic mass is 10.1. The number of ether oxygens (including phenoxy) is 2. The van der Waals surface area contributed by atoms with Crippen LogP contribution in [-0.2, 0) is 9.53 Å². The highest BCUT2D eigenvalue weighted by Crippen LogP contribution is 2.21. The number of rotatable bonds is 5. The number of benzene rings is 1. The van der Waals surface area contributed by atoms with Crippen LogP contribution in [-0.4, -0.2) is 24.0 Å². The van der Waals surface area contributed by atoms with Crippen LogP contribution in [0.15, 0.2) is 35.0 Å². The molecule has 0 spiro atoms. The molecule has 1 heterocycles. The lowest BCUT2D eigenvalue weighted by Crippen LogP contribution is -2.07. The fourth-order valence-corrected chi connectivity index (χ4v) is 1.99. The van der Waals surface area contributed by atoms with E-state index >= 15 is 0 Å². The lowest BCUT2D eigenvalue weighted by Gasteiger charge is -2.10. The number of hydrogen-bond donors (Lipinski definition) is 0. The molecule has 5 heteroatoms. The average Bonchev–Trinajstić information content (AvgIpc) is 2.86. The molecule has 1 aliphatic rings. The van der Waals surface area contributed by atoms with E-state index in [1.165, 1.54) is 11.8 Å². The molecule has 0 radical (unpaired) electrons. The van der Waals surface area contributed by atoms with Gasteiger partial charge in [0.15, 0.2) is 5.76 Å². The molecule has 1 atom stereocenters. The molecule has 21 heavy (non-hydrogen) atoms. The van der Waals surface area contributed by atoms with Gasteiger partial charge in [-0.05, 0) is 35.9 Å². The van der Waals surface area contributed by atoms with Crippen LogP contribution in [0.4, 0.5) is 0 Å². The number of aliphatic imine (C=N–C) groups is 1. The van der Waals surface area contributed by atoms with Crippen LogP contribution in [0.25, 0.3) is 6.08 Å². The maximum atomic E-state index is 11.6. The van der Waals surface area contributed by atoms with Gasteiger partial charge in [0, 0.05) is 0 Å². The van der Waals surface area contributed by atoms with Gasteiger partial charge in [-0.15, -0.1) is 0 Å². The molecule has 1 aromatic rings. The van der Waals surface area contributed by atoms with Crippen LogP contribution < -0.4 is 4.74 Å². The first kappa shape index (κ1) is 15.6. The van der Waals surface area contributed by atoms with E-state index in [1.807, 2.05) is 30.5 Å². The standard InChI is InChI=1S/C16H19NO3S/c1-4-11(2)10-19-13-7-5-12(6-8-13)9-14-15(18)17-16(20-14)21-3/h5-9,11H,4,10H2,1-3H3/t11-/m0/s1. The minimum atomic E-state index is -0.337. The summed E-state index contributed by atoms with van der Waals surface area (Å²) in [4.78, 5) is 15.4. The fourth-order valence-electron chi connectivity index (χ4n) is 1.65. The Morgan fingerprint density at radius 2 is 2.10 bits per heavy atom. The molecule has 0 saturated carbocycles. The minimum Gasteiger partial charge on any atom is -0.493 e. The highest BCUT2D eigenvalue weighted by molar-refractivity contribution is 8.13. The Bertz CT molecular complexity index is 563. The predicted molar refractivity (Wildman–Crippen MR) is 86.4 cm³/mol. The Morgan fingerprint density at radius 3 is 2.67 bits per heavy atom. The van der Waals surface area contributed by atoms with Gasteiger partial charge in [-0.2, -0.15) is 4.99 Å². The summed E-state index contributed by atoms with van der Waals surface area (Å²) in [6, 6.07) is 7.58. The van der Waals surface area contributed by atoms with Crippen molar-refractivity contribution >= 4 is 29.0 Å². The Kier molecular flexibility index (Phi) is 5.44. The van der Waals surface area contributed by atoms with Gasteiger partial charge in [0.1, 0.15) is 5.75 Å². The maximum Gasteiger partial charge on any atom is 0.316 e. The SMILES string of the molecule is CC[C@H](C)COc1ccc(C=C2OC(SC)=NC2=O)cc1. The van der Waals surface area contributed by atoms with E-state index in [0.717, 1.165) is 17.7 Å². The molecular formula is C16H19NO3S. The molecule has 0 saturated heterocycles. The molecule has 0 unspecified atom stereocenters. The molecule has 0 N–H and O–H groups in total. The quantitative estimate of drug-likeness (QED) is 0.778. The van der Waals surface area contributed by atoms with Crippen molar-refractivity contribution in [3.8, 4) is 5.75 Å². The first-order valence-corrected chi connectivity index (χ1v) is 8.14. The van der Waals surface area contributed by atoms with Crippen molar-refractivity contribution < 1.29 is 14.3 Å². The van der Waals surface area contributed by atoms with E-state index in [1.54, 1.807) is 6.08 Å². The van der Waals surface area contributed by atoms with E-state index in [-0.39, 0.29) is 11.7 Å². The summed E-state index contributed by atoms with van der Waals surface area (Å²) in [5, 5.41) is 0.389. The van der Waals surface area contributed by atoms with Gasteiger partial charge >= 0.3 is 5.91 Å². The van der Waals surface area contributed by atoms with Crippen LogP contribution in [0, 0.1) is 5.92 Å². The minimum absolute atomic E-state index is 0.257. The molecule has 1 aliphatic heterocycles. The zero-order valence-electron chi connectivity index (χ0n) is 12.5. The largest absolute Gasteiger partial charge is 0.493 e. The summed E-state index contributed by atoms with van der Waals surface area (Å²) >= 11 is 1.31. The molecule has 0 aliphatic carbocycles. The van der Waals surface area contributed by atoms with Crippen LogP contribution in [0.5, 0.6) is 5.75 Å². The van der Waals surface area contributed by atoms with Crippen molar-refractivity contribution in [3.63, 3.8) is 0 Å². The van der Waals surface area contributed by atoms with Crippen LogP contribution in [0.1, 0.15) is 25.8 Å². The highest BCUT2D eigenvalue weighted by Gasteiger charge is 2.21. The van der Waals surface area contributed by atoms with Gasteiger partial charge in [0.25, 0.3) is 5.23 Å². The summed E-state index contributed by atoms with van der Waals surface area (Å²) in [5.41, 5.74) is 0.881. The third-order valence-electron chi connectivity index (χ3n) is 3.18. The Hall–Kier alpha value is -1.75. The van der Waals surface area contributed by atoms with Gasteiger partial charge in [0.05, 0.1) is 6.61 Å². The Labute approximate surface area is 129 Å². The van der Waals surface area contributed by atoms with Crippen molar-refractivity contribution in [3.05, 3.63) is 35.6 Å². The second-order valence-corrected chi connectivity index (χ2v) is 5.65. The number of carbonyl (C=O) groups excluding carboxylic acids is 1. The van der Waals surface area contributed by atoms with E-state index in [2.05, 4.69) is 18.8 Å². The van der Waals surface area contributed by atoms with Crippen molar-refractivity contribution in [2.45, 2.75) is 20.3 Å². The second kappa shape index (κ2) is 7.31. The van der Waals surface area contributed by atoms with Gasteiger partial charge in [-0.25, -0.2) is 0 Å². The second-order valence-electron chi connectivity index (χ2n) is 4.89. The smallest absolute Gasteiger partial charge is 0.316 e. The molecule has 112 valence electrons. The number of carbonyl (C=O) groups is 1. The van der Waals surface area contributed by atoms with Crippen LogP contribution in [0.2, 0.25) is 0 Å². The number of nitrogens with zero attached hydrogens (tertiary/aromatic N) is 1. The number of hydrogen-bond acceptors (Lipinski definition) is 4. The lowest BCUT2D eigenvalue weighted by molar-refractivity contribution is -0.115. The van der Waals surface area contributed by atoms with E-state index in [9.17, 15) is 4.79 Å². The summed E-state index contributed by atoms with van der Waals surface area (Å²) in [6.45, 7) is 5.02. The maximum absolute atomic E-state index is 11.6. The monoisotopic (exact) mass is 305 g/mol. The predicted octanol–water partition coefficient (Wildman–Crippen LogP) is 3.73. The van der Waals surface area contributed by atoms with Gasteiger partial charge in [0.2, 0.25) is 0 Å². The zero-order chi connectivity index (χ0) is 15.2. The normalized spacial score (nSPS) is 17.6. The summed E-state index contributed by atoms with van der Waals surface area (Å²) in [6.07, 6.45) is 4.60. The summed E-state index contributed by atoms with van der Waals surface area (Å²) in [5.74, 6) is 1.29. The molecule has 0 fully saturated rings. The molecule has 4 nitrogen and oxygen atoms in total. The highest BCUT2D eigenvalue weighted by atomic mass is 32.2. The third kappa shape index (κ3) is 4.36. The Balaban J connectivity index is 1.98. The van der Waals surface area contributed by atoms with Gasteiger partial charge in [-0.1, -0.05) is 44.2 Å². The topological polar surface area (TPSA) is 47.9 Å². The van der Waals surface area contributed by atoms with Crippen molar-refractivity contribution in [1.82, 2.24) is 0 Å². The van der Waals surface area contributed by atoms with Crippen molar-refractivity contribution in [1.29, 1.82) is 0 Å². The molecule has 1 aromatic carbocycles. The van der Waals surface area contributed by atoms with E-state index in [4.69, 9.17) is 9.47 Å². The number of amides is 1. The molecule has 2 rings (SSSR count).